The van der Waals surface area contributed by atoms with Crippen LogP contribution in [-0.2, 0) is 4.79 Å². The lowest BCUT2D eigenvalue weighted by Crippen LogP contribution is -1.87. The Balaban J connectivity index is 2.73. The Labute approximate surface area is 88.0 Å². The predicted molar refractivity (Wildman–Crippen MR) is 58.5 cm³/mol. The Bertz CT molecular complexity index is 399. The molecule has 0 unspecified atom stereocenters. The molecule has 1 aromatic carbocycles. The smallest absolute Gasteiger partial charge is 0.328 e. The van der Waals surface area contributed by atoms with Crippen LogP contribution in [-0.4, -0.2) is 16.2 Å². The summed E-state index contributed by atoms with van der Waals surface area (Å²) in [7, 11) is 0. The Morgan fingerprint density at radius 3 is 2.40 bits per heavy atom. The molecule has 0 amide bonds. The maximum absolute atomic E-state index is 10.3. The number of carbonyl (C=O) groups is 1. The number of hydrogen-bond acceptors (Lipinski definition) is 2. The van der Waals surface area contributed by atoms with Gasteiger partial charge in [-0.05, 0) is 30.2 Å². The lowest BCUT2D eigenvalue weighted by Gasteiger charge is -1.94. The number of phenols is 1. The Morgan fingerprint density at radius 2 is 1.87 bits per heavy atom. The van der Waals surface area contributed by atoms with E-state index in [2.05, 4.69) is 0 Å². The van der Waals surface area contributed by atoms with Crippen molar-refractivity contribution >= 4 is 12.0 Å². The van der Waals surface area contributed by atoms with Crippen LogP contribution in [0.4, 0.5) is 0 Å². The van der Waals surface area contributed by atoms with Gasteiger partial charge in [-0.1, -0.05) is 24.3 Å². The summed E-state index contributed by atoms with van der Waals surface area (Å²) in [5.74, 6) is -0.743. The summed E-state index contributed by atoms with van der Waals surface area (Å²) in [6.45, 7) is 1.71. The van der Waals surface area contributed by atoms with Gasteiger partial charge < -0.3 is 10.2 Å². The minimum absolute atomic E-state index is 0.213. The van der Waals surface area contributed by atoms with Crippen LogP contribution in [0, 0.1) is 0 Å². The lowest BCUT2D eigenvalue weighted by molar-refractivity contribution is -0.131. The summed E-state index contributed by atoms with van der Waals surface area (Å²) in [5.41, 5.74) is 1.57. The third-order valence-electron chi connectivity index (χ3n) is 1.78. The zero-order chi connectivity index (χ0) is 11.3. The van der Waals surface area contributed by atoms with Crippen LogP contribution in [0.5, 0.6) is 5.75 Å². The molecular weight excluding hydrogens is 192 g/mol. The minimum Gasteiger partial charge on any atom is -0.508 e. The zero-order valence-electron chi connectivity index (χ0n) is 8.34. The quantitative estimate of drug-likeness (QED) is 0.587. The molecule has 0 saturated heterocycles. The van der Waals surface area contributed by atoms with Crippen molar-refractivity contribution in [2.75, 3.05) is 0 Å². The molecule has 0 bridgehead atoms. The highest BCUT2D eigenvalue weighted by Crippen LogP contribution is 2.11. The average molecular weight is 204 g/mol. The monoisotopic (exact) mass is 204 g/mol. The van der Waals surface area contributed by atoms with Crippen LogP contribution in [0.2, 0.25) is 0 Å². The summed E-state index contributed by atoms with van der Waals surface area (Å²) in [6.07, 6.45) is 4.63. The van der Waals surface area contributed by atoms with Gasteiger partial charge in [-0.3, -0.25) is 0 Å². The Hall–Kier alpha value is -2.03. The highest BCUT2D eigenvalue weighted by atomic mass is 16.4. The topological polar surface area (TPSA) is 57.5 Å². The predicted octanol–water partition coefficient (Wildman–Crippen LogP) is 2.44. The van der Waals surface area contributed by atoms with Gasteiger partial charge in [-0.25, -0.2) is 4.79 Å². The number of benzene rings is 1. The average Bonchev–Trinajstić information content (AvgIpc) is 2.16. The van der Waals surface area contributed by atoms with Gasteiger partial charge in [-0.2, -0.15) is 0 Å². The second kappa shape index (κ2) is 5.00. The molecule has 0 radical (unpaired) electrons. The molecule has 0 atom stereocenters. The first-order valence-corrected chi connectivity index (χ1v) is 4.46. The number of carboxylic acid groups (broad SMARTS) is 1. The number of aromatic hydroxyl groups is 1. The molecule has 3 heteroatoms. The first kappa shape index (κ1) is 11.0. The van der Waals surface area contributed by atoms with Crippen LogP contribution < -0.4 is 0 Å². The molecule has 78 valence electrons. The van der Waals surface area contributed by atoms with Crippen molar-refractivity contribution in [3.63, 3.8) is 0 Å². The maximum atomic E-state index is 10.3. The lowest BCUT2D eigenvalue weighted by atomic mass is 10.1. The summed E-state index contributed by atoms with van der Waals surface area (Å²) >= 11 is 0. The number of phenolic OH excluding ortho intramolecular Hbond substituents is 1. The molecule has 0 spiro atoms. The highest BCUT2D eigenvalue weighted by Gasteiger charge is 1.90. The second-order valence-corrected chi connectivity index (χ2v) is 3.15. The summed E-state index contributed by atoms with van der Waals surface area (Å²) in [6, 6.07) is 6.66. The van der Waals surface area contributed by atoms with Gasteiger partial charge in [0.15, 0.2) is 0 Å². The van der Waals surface area contributed by atoms with Gasteiger partial charge in [0.2, 0.25) is 0 Å². The third-order valence-corrected chi connectivity index (χ3v) is 1.78. The van der Waals surface area contributed by atoms with E-state index in [1.54, 1.807) is 43.3 Å². The van der Waals surface area contributed by atoms with Crippen molar-refractivity contribution in [1.82, 2.24) is 0 Å². The second-order valence-electron chi connectivity index (χ2n) is 3.15. The van der Waals surface area contributed by atoms with E-state index in [0.717, 1.165) is 11.6 Å². The Morgan fingerprint density at radius 1 is 1.27 bits per heavy atom. The molecular formula is C12H12O3. The van der Waals surface area contributed by atoms with E-state index < -0.39 is 5.97 Å². The molecule has 0 aliphatic heterocycles. The molecule has 3 nitrogen and oxygen atoms in total. The van der Waals surface area contributed by atoms with Crippen LogP contribution >= 0.6 is 0 Å². The van der Waals surface area contributed by atoms with Crippen LogP contribution in [0.3, 0.4) is 0 Å². The first-order chi connectivity index (χ1) is 7.08. The minimum atomic E-state index is -0.956. The normalized spacial score (nSPS) is 11.9. The standard InChI is InChI=1S/C12H12O3/c1-9(8-12(14)15)2-3-10-4-6-11(13)7-5-10/h2-8,13H,1H3,(H,14,15)/b3-2+,9-8+. The van der Waals surface area contributed by atoms with Crippen molar-refractivity contribution in [1.29, 1.82) is 0 Å². The zero-order valence-corrected chi connectivity index (χ0v) is 8.34. The fourth-order valence-electron chi connectivity index (χ4n) is 1.06. The van der Waals surface area contributed by atoms with Crippen LogP contribution in [0.15, 0.2) is 42.0 Å². The summed E-state index contributed by atoms with van der Waals surface area (Å²) in [4.78, 5) is 10.3. The van der Waals surface area contributed by atoms with Crippen LogP contribution in [0.1, 0.15) is 12.5 Å². The highest BCUT2D eigenvalue weighted by molar-refractivity contribution is 5.81. The van der Waals surface area contributed by atoms with Gasteiger partial charge in [0.05, 0.1) is 0 Å². The van der Waals surface area contributed by atoms with E-state index in [9.17, 15) is 4.79 Å². The van der Waals surface area contributed by atoms with E-state index in [4.69, 9.17) is 10.2 Å². The number of allylic oxidation sites excluding steroid dienone is 2. The molecule has 0 aliphatic rings. The molecule has 0 fully saturated rings. The molecule has 2 N–H and O–H groups in total. The van der Waals surface area contributed by atoms with E-state index in [-0.39, 0.29) is 5.75 Å². The fourth-order valence-corrected chi connectivity index (χ4v) is 1.06. The van der Waals surface area contributed by atoms with Gasteiger partial charge in [0, 0.05) is 6.08 Å². The van der Waals surface area contributed by atoms with Crippen LogP contribution in [0.25, 0.3) is 6.08 Å². The number of carboxylic acids is 1. The SMILES string of the molecule is CC(/C=C/c1ccc(O)cc1)=C\C(=O)O. The third kappa shape index (κ3) is 4.13. The van der Waals surface area contributed by atoms with Crippen molar-refractivity contribution in [3.8, 4) is 5.75 Å². The largest absolute Gasteiger partial charge is 0.508 e. The van der Waals surface area contributed by atoms with Gasteiger partial charge in [-0.15, -0.1) is 0 Å². The van der Waals surface area contributed by atoms with E-state index in [1.165, 1.54) is 0 Å². The van der Waals surface area contributed by atoms with Gasteiger partial charge in [0.1, 0.15) is 5.75 Å². The van der Waals surface area contributed by atoms with E-state index in [1.807, 2.05) is 0 Å². The van der Waals surface area contributed by atoms with Gasteiger partial charge >= 0.3 is 5.97 Å². The van der Waals surface area contributed by atoms with Gasteiger partial charge in [0.25, 0.3) is 0 Å². The molecule has 1 rings (SSSR count). The first-order valence-electron chi connectivity index (χ1n) is 4.46. The van der Waals surface area contributed by atoms with E-state index >= 15 is 0 Å². The maximum Gasteiger partial charge on any atom is 0.328 e. The molecule has 0 heterocycles. The number of aliphatic carboxylic acids is 1. The van der Waals surface area contributed by atoms with E-state index in [0.29, 0.717) is 5.57 Å². The molecule has 15 heavy (non-hydrogen) atoms. The molecule has 1 aromatic rings. The molecule has 0 aromatic heterocycles. The molecule has 0 aliphatic carbocycles. The fraction of sp³-hybridized carbons (Fsp3) is 0.0833. The number of rotatable bonds is 3. The van der Waals surface area contributed by atoms with Crippen molar-refractivity contribution in [2.45, 2.75) is 6.92 Å². The van der Waals surface area contributed by atoms with Crippen molar-refractivity contribution in [3.05, 3.63) is 47.6 Å². The van der Waals surface area contributed by atoms with Crippen molar-refractivity contribution < 1.29 is 15.0 Å². The summed E-state index contributed by atoms with van der Waals surface area (Å²) in [5, 5.41) is 17.5. The summed E-state index contributed by atoms with van der Waals surface area (Å²) < 4.78 is 0. The number of hydrogen-bond donors (Lipinski definition) is 2. The van der Waals surface area contributed by atoms with Crippen molar-refractivity contribution in [2.24, 2.45) is 0 Å². The Kier molecular flexibility index (Phi) is 3.68. The molecule has 0 saturated carbocycles.